The number of hydrogen-bond donors (Lipinski definition) is 1. The van der Waals surface area contributed by atoms with Gasteiger partial charge in [0, 0.05) is 30.6 Å². The van der Waals surface area contributed by atoms with E-state index in [0.717, 1.165) is 41.0 Å². The van der Waals surface area contributed by atoms with Crippen LogP contribution in [0.4, 0.5) is 18.3 Å². The van der Waals surface area contributed by atoms with E-state index in [4.69, 9.17) is 9.47 Å². The van der Waals surface area contributed by atoms with Crippen LogP contribution < -0.4 is 14.8 Å². The van der Waals surface area contributed by atoms with E-state index in [1.165, 1.54) is 30.5 Å². The lowest BCUT2D eigenvalue weighted by atomic mass is 10.1. The number of hydrogen-bond acceptors (Lipinski definition) is 7. The fourth-order valence-corrected chi connectivity index (χ4v) is 4.87. The number of benzene rings is 3. The van der Waals surface area contributed by atoms with E-state index in [1.807, 2.05) is 37.3 Å². The molecule has 42 heavy (non-hydrogen) atoms. The van der Waals surface area contributed by atoms with Crippen LogP contribution in [0.1, 0.15) is 33.5 Å². The largest absolute Gasteiger partial charge is 0.493 e. The first-order valence-corrected chi connectivity index (χ1v) is 13.8. The molecule has 220 valence electrons. The SMILES string of the molecule is COc1ccc(CCN(CCC(=O)Nc2nnc(-c3ccc(C)cc3)s2)C(=O)c2ccc(C(F)(F)F)cc2)cc1OC. The summed E-state index contributed by atoms with van der Waals surface area (Å²) in [6.07, 6.45) is -4.17. The third-order valence-corrected chi connectivity index (χ3v) is 7.33. The highest BCUT2D eigenvalue weighted by Gasteiger charge is 2.30. The molecule has 0 bridgehead atoms. The Balaban J connectivity index is 1.45. The van der Waals surface area contributed by atoms with Crippen molar-refractivity contribution in [1.82, 2.24) is 15.1 Å². The first-order valence-electron chi connectivity index (χ1n) is 12.9. The molecule has 3 aromatic carbocycles. The second-order valence-electron chi connectivity index (χ2n) is 9.38. The zero-order valence-electron chi connectivity index (χ0n) is 23.2. The van der Waals surface area contributed by atoms with Crippen molar-refractivity contribution in [3.8, 4) is 22.1 Å². The molecule has 0 aliphatic carbocycles. The van der Waals surface area contributed by atoms with Crippen molar-refractivity contribution in [2.45, 2.75) is 25.9 Å². The lowest BCUT2D eigenvalue weighted by molar-refractivity contribution is -0.137. The van der Waals surface area contributed by atoms with Crippen molar-refractivity contribution in [3.05, 3.63) is 89.0 Å². The molecule has 8 nitrogen and oxygen atoms in total. The summed E-state index contributed by atoms with van der Waals surface area (Å²) in [6.45, 7) is 2.22. The molecule has 0 aliphatic rings. The number of nitrogens with one attached hydrogen (secondary N) is 1. The number of rotatable bonds is 11. The number of aromatic nitrogens is 2. The number of ether oxygens (including phenoxy) is 2. The highest BCUT2D eigenvalue weighted by molar-refractivity contribution is 7.18. The Hall–Kier alpha value is -4.45. The van der Waals surface area contributed by atoms with Gasteiger partial charge in [-0.25, -0.2) is 0 Å². The van der Waals surface area contributed by atoms with Gasteiger partial charge in [0.05, 0.1) is 19.8 Å². The molecule has 2 amide bonds. The summed E-state index contributed by atoms with van der Waals surface area (Å²) in [6, 6.07) is 17.1. The van der Waals surface area contributed by atoms with Crippen molar-refractivity contribution in [2.75, 3.05) is 32.6 Å². The maximum atomic E-state index is 13.4. The van der Waals surface area contributed by atoms with E-state index < -0.39 is 17.6 Å². The van der Waals surface area contributed by atoms with Crippen molar-refractivity contribution >= 4 is 28.3 Å². The maximum Gasteiger partial charge on any atom is 0.416 e. The Bertz CT molecular complexity index is 1520. The molecule has 4 aromatic rings. The number of nitrogens with zero attached hydrogens (tertiary/aromatic N) is 3. The maximum absolute atomic E-state index is 13.4. The summed E-state index contributed by atoms with van der Waals surface area (Å²) in [5.74, 6) is 0.211. The first kappa shape index (κ1) is 30.5. The number of carbonyl (C=O) groups is 2. The standard InChI is InChI=1S/C30H29F3N4O4S/c1-19-4-7-21(8-5-19)27-35-36-29(42-27)34-26(38)15-17-37(16-14-20-6-13-24(40-2)25(18-20)41-3)28(39)22-9-11-23(12-10-22)30(31,32)33/h4-13,18H,14-17H2,1-3H3,(H,34,36,38). The molecule has 12 heteroatoms. The van der Waals surface area contributed by atoms with Crippen molar-refractivity contribution in [1.29, 1.82) is 0 Å². The number of anilines is 1. The van der Waals surface area contributed by atoms with Crippen LogP contribution in [-0.2, 0) is 17.4 Å². The molecule has 1 aromatic heterocycles. The Labute approximate surface area is 245 Å². The lowest BCUT2D eigenvalue weighted by Crippen LogP contribution is -2.35. The Morgan fingerprint density at radius 3 is 2.24 bits per heavy atom. The average molecular weight is 599 g/mol. The lowest BCUT2D eigenvalue weighted by Gasteiger charge is -2.23. The van der Waals surface area contributed by atoms with Crippen LogP contribution in [0.25, 0.3) is 10.6 Å². The molecule has 0 fully saturated rings. The summed E-state index contributed by atoms with van der Waals surface area (Å²) < 4.78 is 49.7. The Morgan fingerprint density at radius 2 is 1.60 bits per heavy atom. The van der Waals surface area contributed by atoms with Crippen LogP contribution in [0.2, 0.25) is 0 Å². The van der Waals surface area contributed by atoms with Gasteiger partial charge in [0.25, 0.3) is 5.91 Å². The molecule has 0 saturated heterocycles. The minimum absolute atomic E-state index is 0.0304. The quantitative estimate of drug-likeness (QED) is 0.219. The predicted octanol–water partition coefficient (Wildman–Crippen LogP) is 6.26. The van der Waals surface area contributed by atoms with E-state index >= 15 is 0 Å². The minimum atomic E-state index is -4.52. The molecule has 0 spiro atoms. The summed E-state index contributed by atoms with van der Waals surface area (Å²) in [7, 11) is 3.04. The molecule has 0 radical (unpaired) electrons. The average Bonchev–Trinajstić information content (AvgIpc) is 3.45. The van der Waals surface area contributed by atoms with Crippen molar-refractivity contribution < 1.29 is 32.2 Å². The van der Waals surface area contributed by atoms with Gasteiger partial charge in [-0.3, -0.25) is 9.59 Å². The third kappa shape index (κ3) is 7.84. The zero-order chi connectivity index (χ0) is 30.3. The fourth-order valence-electron chi connectivity index (χ4n) is 4.10. The van der Waals surface area contributed by atoms with E-state index in [2.05, 4.69) is 15.5 Å². The van der Waals surface area contributed by atoms with Crippen molar-refractivity contribution in [3.63, 3.8) is 0 Å². The zero-order valence-corrected chi connectivity index (χ0v) is 24.0. The number of halogens is 3. The number of amides is 2. The minimum Gasteiger partial charge on any atom is -0.493 e. The fraction of sp³-hybridized carbons (Fsp3) is 0.267. The van der Waals surface area contributed by atoms with Gasteiger partial charge in [-0.2, -0.15) is 13.2 Å². The summed E-state index contributed by atoms with van der Waals surface area (Å²) in [5, 5.41) is 11.9. The number of methoxy groups -OCH3 is 2. The number of aryl methyl sites for hydroxylation is 1. The van der Waals surface area contributed by atoms with E-state index in [-0.39, 0.29) is 31.0 Å². The Kier molecular flexibility index (Phi) is 9.79. The van der Waals surface area contributed by atoms with E-state index in [9.17, 15) is 22.8 Å². The van der Waals surface area contributed by atoms with Crippen molar-refractivity contribution in [2.24, 2.45) is 0 Å². The highest BCUT2D eigenvalue weighted by Crippen LogP contribution is 2.30. The normalized spacial score (nSPS) is 11.2. The van der Waals surface area contributed by atoms with Crippen LogP contribution in [-0.4, -0.2) is 54.2 Å². The smallest absolute Gasteiger partial charge is 0.416 e. The second kappa shape index (κ2) is 13.5. The van der Waals surface area contributed by atoms with Gasteiger partial charge < -0.3 is 19.7 Å². The summed E-state index contributed by atoms with van der Waals surface area (Å²) in [4.78, 5) is 27.6. The summed E-state index contributed by atoms with van der Waals surface area (Å²) in [5.41, 5.74) is 2.07. The molecule has 0 unspecified atom stereocenters. The molecular weight excluding hydrogens is 569 g/mol. The topological polar surface area (TPSA) is 93.6 Å². The van der Waals surface area contributed by atoms with Crippen LogP contribution in [0.5, 0.6) is 11.5 Å². The molecule has 0 saturated carbocycles. The third-order valence-electron chi connectivity index (χ3n) is 6.44. The molecular formula is C30H29F3N4O4S. The van der Waals surface area contributed by atoms with E-state index in [0.29, 0.717) is 28.1 Å². The van der Waals surface area contributed by atoms with Crippen LogP contribution in [0, 0.1) is 6.92 Å². The monoisotopic (exact) mass is 598 g/mol. The molecule has 0 aliphatic heterocycles. The molecule has 0 atom stereocenters. The number of carbonyl (C=O) groups excluding carboxylic acids is 2. The molecule has 1 N–H and O–H groups in total. The van der Waals surface area contributed by atoms with Crippen LogP contribution in [0.3, 0.4) is 0 Å². The second-order valence-corrected chi connectivity index (χ2v) is 10.4. The molecule has 1 heterocycles. The van der Waals surface area contributed by atoms with Gasteiger partial charge in [0.15, 0.2) is 11.5 Å². The first-order chi connectivity index (χ1) is 20.1. The molecule has 4 rings (SSSR count). The van der Waals surface area contributed by atoms with Gasteiger partial charge in [-0.1, -0.05) is 47.2 Å². The van der Waals surface area contributed by atoms with Gasteiger partial charge in [0.2, 0.25) is 11.0 Å². The van der Waals surface area contributed by atoms with Gasteiger partial charge >= 0.3 is 6.18 Å². The number of alkyl halides is 3. The highest BCUT2D eigenvalue weighted by atomic mass is 32.1. The Morgan fingerprint density at radius 1 is 0.905 bits per heavy atom. The summed E-state index contributed by atoms with van der Waals surface area (Å²) >= 11 is 1.23. The van der Waals surface area contributed by atoms with E-state index in [1.54, 1.807) is 12.1 Å². The predicted molar refractivity (Wildman–Crippen MR) is 154 cm³/mol. The van der Waals surface area contributed by atoms with Gasteiger partial charge in [-0.05, 0) is 55.3 Å². The van der Waals surface area contributed by atoms with Crippen LogP contribution >= 0.6 is 11.3 Å². The van der Waals surface area contributed by atoms with Gasteiger partial charge in [0.1, 0.15) is 5.01 Å². The van der Waals surface area contributed by atoms with Crippen LogP contribution in [0.15, 0.2) is 66.7 Å². The van der Waals surface area contributed by atoms with Gasteiger partial charge in [-0.15, -0.1) is 10.2 Å².